The Morgan fingerprint density at radius 2 is 1.93 bits per heavy atom. The maximum absolute atomic E-state index is 15.0. The highest BCUT2D eigenvalue weighted by atomic mass is 79.9. The van der Waals surface area contributed by atoms with Gasteiger partial charge in [-0.1, -0.05) is 46.6 Å². The maximum atomic E-state index is 15.0. The van der Waals surface area contributed by atoms with Crippen LogP contribution in [0.15, 0.2) is 76.2 Å². The van der Waals surface area contributed by atoms with Gasteiger partial charge in [-0.25, -0.2) is 4.39 Å². The molecule has 1 aliphatic rings. The topological polar surface area (TPSA) is 71.2 Å². The van der Waals surface area contributed by atoms with E-state index in [0.29, 0.717) is 36.7 Å². The fourth-order valence-electron chi connectivity index (χ4n) is 5.35. The lowest BCUT2D eigenvalue weighted by Gasteiger charge is -2.34. The summed E-state index contributed by atoms with van der Waals surface area (Å²) >= 11 is 3.48. The lowest BCUT2D eigenvalue weighted by atomic mass is 9.98. The van der Waals surface area contributed by atoms with E-state index in [-0.39, 0.29) is 11.5 Å². The van der Waals surface area contributed by atoms with Gasteiger partial charge in [0.15, 0.2) is 0 Å². The van der Waals surface area contributed by atoms with E-state index in [0.717, 1.165) is 35.2 Å². The molecular weight excluding hydrogens is 571 g/mol. The largest absolute Gasteiger partial charge is 0.496 e. The molecule has 0 spiro atoms. The number of ether oxygens (including phenoxy) is 1. The summed E-state index contributed by atoms with van der Waals surface area (Å²) in [5, 5.41) is 0. The summed E-state index contributed by atoms with van der Waals surface area (Å²) in [5.74, 6) is -0.179. The molecule has 0 radical (unpaired) electrons. The molecule has 1 amide bonds. The lowest BCUT2D eigenvalue weighted by molar-refractivity contribution is 0.100. The van der Waals surface area contributed by atoms with Crippen LogP contribution in [0.4, 0.5) is 10.1 Å². The van der Waals surface area contributed by atoms with E-state index < -0.39 is 11.7 Å². The van der Waals surface area contributed by atoms with Gasteiger partial charge in [0.1, 0.15) is 11.6 Å². The number of para-hydroxylation sites is 1. The second-order valence-corrected chi connectivity index (χ2v) is 11.1. The summed E-state index contributed by atoms with van der Waals surface area (Å²) in [7, 11) is 1.61. The van der Waals surface area contributed by atoms with Crippen molar-refractivity contribution < 1.29 is 13.9 Å². The van der Waals surface area contributed by atoms with Crippen molar-refractivity contribution in [3.05, 3.63) is 93.7 Å². The fourth-order valence-corrected chi connectivity index (χ4v) is 5.75. The number of carbonyl (C=O) groups is 1. The normalized spacial score (nSPS) is 16.1. The number of aryl methyl sites for hydroxylation is 1. The number of likely N-dealkylation sites (tertiary alicyclic amines) is 1. The number of carbonyl (C=O) groups excluding carboxylic acids is 1. The molecule has 1 unspecified atom stereocenters. The number of amides is 1. The summed E-state index contributed by atoms with van der Waals surface area (Å²) in [6.07, 6.45) is 5.43. The van der Waals surface area contributed by atoms with Gasteiger partial charge < -0.3 is 20.3 Å². The number of anilines is 1. The third-order valence-corrected chi connectivity index (χ3v) is 8.06. The number of rotatable bonds is 10. The van der Waals surface area contributed by atoms with Gasteiger partial charge in [-0.05, 0) is 93.6 Å². The Bertz CT molecular complexity index is 1320. The van der Waals surface area contributed by atoms with E-state index in [1.807, 2.05) is 53.4 Å². The van der Waals surface area contributed by atoms with Crippen LogP contribution in [-0.4, -0.2) is 49.6 Å². The van der Waals surface area contributed by atoms with Gasteiger partial charge in [0.05, 0.1) is 7.11 Å². The molecule has 1 saturated heterocycles. The zero-order chi connectivity index (χ0) is 28.5. The monoisotopic (exact) mass is 608 g/mol. The van der Waals surface area contributed by atoms with Crippen LogP contribution < -0.4 is 15.4 Å². The highest BCUT2D eigenvalue weighted by Crippen LogP contribution is 2.26. The summed E-state index contributed by atoms with van der Waals surface area (Å²) in [4.78, 5) is 22.1. The third kappa shape index (κ3) is 7.70. The smallest absolute Gasteiger partial charge is 0.280 e. The molecule has 4 rings (SSSR count). The molecule has 212 valence electrons. The van der Waals surface area contributed by atoms with Gasteiger partial charge >= 0.3 is 0 Å². The number of hydrogen-bond acceptors (Lipinski definition) is 3. The molecule has 8 heteroatoms. The van der Waals surface area contributed by atoms with Gasteiger partial charge in [0, 0.05) is 40.4 Å². The summed E-state index contributed by atoms with van der Waals surface area (Å²) in [6.45, 7) is 4.97. The number of guanidine groups is 1. The minimum Gasteiger partial charge on any atom is -0.496 e. The molecule has 1 aliphatic heterocycles. The van der Waals surface area contributed by atoms with E-state index in [2.05, 4.69) is 32.7 Å². The first-order valence-corrected chi connectivity index (χ1v) is 14.7. The number of hydrogen-bond donors (Lipinski definition) is 1. The van der Waals surface area contributed by atoms with E-state index >= 15 is 4.39 Å². The Morgan fingerprint density at radius 1 is 1.12 bits per heavy atom. The number of piperidine rings is 1. The van der Waals surface area contributed by atoms with Crippen LogP contribution in [0.3, 0.4) is 0 Å². The third-order valence-electron chi connectivity index (χ3n) is 7.56. The number of nitrogens with two attached hydrogens (primary N) is 1. The van der Waals surface area contributed by atoms with Crippen molar-refractivity contribution in [1.82, 2.24) is 4.90 Å². The Balaban J connectivity index is 1.53. The molecular formula is C32H38BrFN4O2. The Morgan fingerprint density at radius 3 is 2.67 bits per heavy atom. The summed E-state index contributed by atoms with van der Waals surface area (Å²) in [6, 6.07) is 20.5. The first-order valence-electron chi connectivity index (χ1n) is 13.9. The highest BCUT2D eigenvalue weighted by Gasteiger charge is 2.20. The fraction of sp³-hybridized carbons (Fsp3) is 0.375. The number of aliphatic imine (C=N–C) groups is 1. The van der Waals surface area contributed by atoms with Crippen LogP contribution in [0, 0.1) is 5.82 Å². The molecule has 1 fully saturated rings. The first-order chi connectivity index (χ1) is 19.4. The van der Waals surface area contributed by atoms with Crippen LogP contribution in [0.1, 0.15) is 54.1 Å². The quantitative estimate of drug-likeness (QED) is 0.207. The Labute approximate surface area is 245 Å². The van der Waals surface area contributed by atoms with E-state index in [4.69, 9.17) is 10.5 Å². The minimum atomic E-state index is -0.557. The van der Waals surface area contributed by atoms with Crippen molar-refractivity contribution in [2.45, 2.75) is 51.5 Å². The van der Waals surface area contributed by atoms with E-state index in [1.54, 1.807) is 13.2 Å². The predicted octanol–water partition coefficient (Wildman–Crippen LogP) is 6.61. The maximum Gasteiger partial charge on any atom is 0.280 e. The summed E-state index contributed by atoms with van der Waals surface area (Å²) in [5.41, 5.74) is 8.78. The van der Waals surface area contributed by atoms with Gasteiger partial charge in [-0.2, -0.15) is 4.99 Å². The van der Waals surface area contributed by atoms with E-state index in [1.165, 1.54) is 31.4 Å². The number of benzene rings is 3. The molecule has 2 N–H and O–H groups in total. The average Bonchev–Trinajstić information content (AvgIpc) is 2.96. The number of nitrogens with zero attached hydrogens (tertiary/aromatic N) is 3. The van der Waals surface area contributed by atoms with Gasteiger partial charge in [-0.3, -0.25) is 4.79 Å². The Hall–Kier alpha value is -3.23. The van der Waals surface area contributed by atoms with Crippen molar-refractivity contribution in [2.24, 2.45) is 10.7 Å². The van der Waals surface area contributed by atoms with Crippen LogP contribution in [0.5, 0.6) is 5.75 Å². The van der Waals surface area contributed by atoms with Gasteiger partial charge in [-0.15, -0.1) is 0 Å². The van der Waals surface area contributed by atoms with Crippen molar-refractivity contribution in [2.75, 3.05) is 31.6 Å². The van der Waals surface area contributed by atoms with Crippen LogP contribution in [0.2, 0.25) is 0 Å². The molecule has 0 bridgehead atoms. The van der Waals surface area contributed by atoms with Gasteiger partial charge in [0.2, 0.25) is 5.96 Å². The van der Waals surface area contributed by atoms with Gasteiger partial charge in [0.25, 0.3) is 5.91 Å². The highest BCUT2D eigenvalue weighted by molar-refractivity contribution is 9.10. The van der Waals surface area contributed by atoms with Crippen molar-refractivity contribution in [3.8, 4) is 5.75 Å². The first kappa shape index (κ1) is 29.7. The molecule has 0 saturated carbocycles. The molecule has 3 aromatic rings. The SMILES string of the molecule is COc1ccc(Br)cc1CCc1c(F)cccc1C(=O)N=C(N)N(CCCN1CCCCC1C)c1ccccc1. The average molecular weight is 610 g/mol. The number of halogens is 2. The molecule has 0 aromatic heterocycles. The lowest BCUT2D eigenvalue weighted by Crippen LogP contribution is -2.42. The van der Waals surface area contributed by atoms with Crippen molar-refractivity contribution >= 4 is 33.5 Å². The summed E-state index contributed by atoms with van der Waals surface area (Å²) < 4.78 is 21.4. The Kier molecular flexibility index (Phi) is 10.7. The zero-order valence-corrected chi connectivity index (χ0v) is 24.9. The molecule has 1 atom stereocenters. The standard InChI is InChI=1S/C32H38BrFN4O2/c1-23-10-6-7-19-37(23)20-9-21-38(26-11-4-3-5-12-26)32(35)36-31(39)28-13-8-14-29(34)27(28)17-15-24-22-25(33)16-18-30(24)40-2/h3-5,8,11-14,16,18,22-23H,6-7,9-10,15,17,19-21H2,1-2H3,(H2,35,36,39). The molecule has 3 aromatic carbocycles. The number of methoxy groups -OCH3 is 1. The zero-order valence-electron chi connectivity index (χ0n) is 23.3. The van der Waals surface area contributed by atoms with Crippen LogP contribution in [-0.2, 0) is 12.8 Å². The van der Waals surface area contributed by atoms with Crippen LogP contribution in [0.25, 0.3) is 0 Å². The second kappa shape index (κ2) is 14.4. The van der Waals surface area contributed by atoms with Crippen molar-refractivity contribution in [3.63, 3.8) is 0 Å². The molecule has 40 heavy (non-hydrogen) atoms. The minimum absolute atomic E-state index is 0.103. The predicted molar refractivity (Wildman–Crippen MR) is 164 cm³/mol. The van der Waals surface area contributed by atoms with Crippen LogP contribution >= 0.6 is 15.9 Å². The van der Waals surface area contributed by atoms with E-state index in [9.17, 15) is 4.79 Å². The molecule has 0 aliphatic carbocycles. The molecule has 1 heterocycles. The second-order valence-electron chi connectivity index (χ2n) is 10.2. The molecule has 6 nitrogen and oxygen atoms in total. The van der Waals surface area contributed by atoms with Crippen molar-refractivity contribution in [1.29, 1.82) is 0 Å².